The molecule has 3 aromatic heterocycles. The summed E-state index contributed by atoms with van der Waals surface area (Å²) in [5.41, 5.74) is 4.49. The van der Waals surface area contributed by atoms with Crippen molar-refractivity contribution in [1.29, 1.82) is 0 Å². The lowest BCUT2D eigenvalue weighted by atomic mass is 9.98. The van der Waals surface area contributed by atoms with Gasteiger partial charge in [0.15, 0.2) is 0 Å². The molecule has 5 heteroatoms. The van der Waals surface area contributed by atoms with Crippen LogP contribution in [0, 0.1) is 0 Å². The fourth-order valence-electron chi connectivity index (χ4n) is 3.15. The first kappa shape index (κ1) is 19.1. The second-order valence-corrected chi connectivity index (χ2v) is 7.49. The van der Waals surface area contributed by atoms with Crippen molar-refractivity contribution in [2.75, 3.05) is 0 Å². The molecule has 0 saturated carbocycles. The Labute approximate surface area is 161 Å². The molecule has 3 rings (SSSR count). The molecule has 0 saturated heterocycles. The minimum atomic E-state index is 0.217. The molecule has 3 heterocycles. The molecule has 0 aliphatic carbocycles. The van der Waals surface area contributed by atoms with Gasteiger partial charge < -0.3 is 0 Å². The zero-order valence-corrected chi connectivity index (χ0v) is 16.5. The van der Waals surface area contributed by atoms with Crippen LogP contribution in [0.5, 0.6) is 0 Å². The Bertz CT molecular complexity index is 863. The van der Waals surface area contributed by atoms with Crippen LogP contribution in [0.4, 0.5) is 0 Å². The Morgan fingerprint density at radius 1 is 0.778 bits per heavy atom. The quantitative estimate of drug-likeness (QED) is 0.621. The Morgan fingerprint density at radius 3 is 2.30 bits per heavy atom. The van der Waals surface area contributed by atoms with Crippen LogP contribution in [0.3, 0.4) is 0 Å². The standard InChI is InChI=1S/C22H27N5/c1-15(2)18-5-9-24-20(13-18)12-17(4)22-25-10-6-19(27-22)11-16(3)21-7-8-23-14-26-21/h5-10,13-17H,11-12H2,1-4H3. The summed E-state index contributed by atoms with van der Waals surface area (Å²) in [6, 6.07) is 8.24. The fraction of sp³-hybridized carbons (Fsp3) is 0.409. The van der Waals surface area contributed by atoms with E-state index >= 15 is 0 Å². The van der Waals surface area contributed by atoms with Gasteiger partial charge in [-0.2, -0.15) is 0 Å². The SMILES string of the molecule is CC(C)c1ccnc(CC(C)c2nccc(CC(C)c3ccncn3)n2)c1. The first-order valence-electron chi connectivity index (χ1n) is 9.55. The highest BCUT2D eigenvalue weighted by atomic mass is 14.9. The van der Waals surface area contributed by atoms with Crippen LogP contribution in [0.2, 0.25) is 0 Å². The lowest BCUT2D eigenvalue weighted by Crippen LogP contribution is -2.09. The molecule has 0 spiro atoms. The van der Waals surface area contributed by atoms with Gasteiger partial charge in [0.1, 0.15) is 12.2 Å². The molecule has 3 aromatic rings. The van der Waals surface area contributed by atoms with E-state index in [4.69, 9.17) is 4.98 Å². The van der Waals surface area contributed by atoms with E-state index in [1.165, 1.54) is 5.56 Å². The minimum Gasteiger partial charge on any atom is -0.261 e. The molecule has 0 fully saturated rings. The smallest absolute Gasteiger partial charge is 0.131 e. The number of hydrogen-bond acceptors (Lipinski definition) is 5. The topological polar surface area (TPSA) is 64.5 Å². The van der Waals surface area contributed by atoms with Crippen molar-refractivity contribution in [2.45, 2.75) is 58.3 Å². The van der Waals surface area contributed by atoms with E-state index < -0.39 is 0 Å². The molecule has 2 unspecified atom stereocenters. The van der Waals surface area contributed by atoms with Crippen molar-refractivity contribution in [2.24, 2.45) is 0 Å². The highest BCUT2D eigenvalue weighted by molar-refractivity contribution is 5.21. The number of rotatable bonds is 7. The molecule has 0 radical (unpaired) electrons. The molecule has 140 valence electrons. The van der Waals surface area contributed by atoms with Crippen molar-refractivity contribution in [3.63, 3.8) is 0 Å². The summed E-state index contributed by atoms with van der Waals surface area (Å²) in [5.74, 6) is 1.88. The van der Waals surface area contributed by atoms with Gasteiger partial charge in [-0.25, -0.2) is 19.9 Å². The normalized spacial score (nSPS) is 13.5. The molecule has 0 N–H and O–H groups in total. The highest BCUT2D eigenvalue weighted by Gasteiger charge is 2.14. The van der Waals surface area contributed by atoms with Crippen LogP contribution >= 0.6 is 0 Å². The van der Waals surface area contributed by atoms with Crippen LogP contribution in [0.1, 0.15) is 73.9 Å². The average molecular weight is 361 g/mol. The van der Waals surface area contributed by atoms with E-state index in [0.717, 1.165) is 35.7 Å². The van der Waals surface area contributed by atoms with Crippen molar-refractivity contribution in [3.05, 3.63) is 77.7 Å². The van der Waals surface area contributed by atoms with E-state index in [9.17, 15) is 0 Å². The molecule has 27 heavy (non-hydrogen) atoms. The molecular weight excluding hydrogens is 334 g/mol. The third-order valence-corrected chi connectivity index (χ3v) is 4.82. The summed E-state index contributed by atoms with van der Waals surface area (Å²) in [4.78, 5) is 22.2. The minimum absolute atomic E-state index is 0.217. The fourth-order valence-corrected chi connectivity index (χ4v) is 3.15. The predicted octanol–water partition coefficient (Wildman–Crippen LogP) is 4.48. The van der Waals surface area contributed by atoms with Gasteiger partial charge in [0, 0.05) is 47.5 Å². The highest BCUT2D eigenvalue weighted by Crippen LogP contribution is 2.21. The van der Waals surface area contributed by atoms with E-state index in [1.54, 1.807) is 12.5 Å². The Morgan fingerprint density at radius 2 is 1.56 bits per heavy atom. The molecule has 5 nitrogen and oxygen atoms in total. The van der Waals surface area contributed by atoms with Gasteiger partial charge >= 0.3 is 0 Å². The zero-order chi connectivity index (χ0) is 19.2. The number of hydrogen-bond donors (Lipinski definition) is 0. The lowest BCUT2D eigenvalue weighted by Gasteiger charge is -2.14. The summed E-state index contributed by atoms with van der Waals surface area (Å²) in [6.07, 6.45) is 8.81. The molecule has 0 amide bonds. The zero-order valence-electron chi connectivity index (χ0n) is 16.5. The maximum absolute atomic E-state index is 4.81. The monoisotopic (exact) mass is 361 g/mol. The molecule has 2 atom stereocenters. The summed E-state index contributed by atoms with van der Waals surface area (Å²) in [5, 5.41) is 0. The van der Waals surface area contributed by atoms with Crippen molar-refractivity contribution >= 4 is 0 Å². The Balaban J connectivity index is 1.70. The van der Waals surface area contributed by atoms with Crippen LogP contribution in [0.15, 0.2) is 49.2 Å². The Hall–Kier alpha value is -2.69. The largest absolute Gasteiger partial charge is 0.261 e. The van der Waals surface area contributed by atoms with Crippen molar-refractivity contribution in [1.82, 2.24) is 24.9 Å². The summed E-state index contributed by atoms with van der Waals surface area (Å²) >= 11 is 0. The van der Waals surface area contributed by atoms with Gasteiger partial charge in [-0.1, -0.05) is 27.7 Å². The second kappa shape index (κ2) is 8.80. The number of pyridine rings is 1. The van der Waals surface area contributed by atoms with Gasteiger partial charge in [0.05, 0.1) is 0 Å². The van der Waals surface area contributed by atoms with Gasteiger partial charge in [-0.05, 0) is 48.6 Å². The first-order chi connectivity index (χ1) is 13.0. The van der Waals surface area contributed by atoms with Gasteiger partial charge in [0.25, 0.3) is 0 Å². The van der Waals surface area contributed by atoms with E-state index in [-0.39, 0.29) is 11.8 Å². The van der Waals surface area contributed by atoms with Crippen LogP contribution in [-0.2, 0) is 12.8 Å². The summed E-state index contributed by atoms with van der Waals surface area (Å²) < 4.78 is 0. The maximum atomic E-state index is 4.81. The van der Waals surface area contributed by atoms with E-state index in [2.05, 4.69) is 59.8 Å². The average Bonchev–Trinajstić information content (AvgIpc) is 2.69. The summed E-state index contributed by atoms with van der Waals surface area (Å²) in [7, 11) is 0. The van der Waals surface area contributed by atoms with Gasteiger partial charge in [0.2, 0.25) is 0 Å². The number of nitrogens with zero attached hydrogens (tertiary/aromatic N) is 5. The molecule has 0 aliphatic rings. The first-order valence-corrected chi connectivity index (χ1v) is 9.55. The van der Waals surface area contributed by atoms with Crippen molar-refractivity contribution < 1.29 is 0 Å². The third-order valence-electron chi connectivity index (χ3n) is 4.82. The molecule has 0 aliphatic heterocycles. The van der Waals surface area contributed by atoms with Gasteiger partial charge in [-0.15, -0.1) is 0 Å². The molecule has 0 bridgehead atoms. The van der Waals surface area contributed by atoms with Crippen LogP contribution < -0.4 is 0 Å². The van der Waals surface area contributed by atoms with Crippen molar-refractivity contribution in [3.8, 4) is 0 Å². The van der Waals surface area contributed by atoms with Crippen LogP contribution in [-0.4, -0.2) is 24.9 Å². The third kappa shape index (κ3) is 5.16. The lowest BCUT2D eigenvalue weighted by molar-refractivity contribution is 0.657. The molecular formula is C22H27N5. The van der Waals surface area contributed by atoms with Gasteiger partial charge in [-0.3, -0.25) is 4.98 Å². The second-order valence-electron chi connectivity index (χ2n) is 7.49. The summed E-state index contributed by atoms with van der Waals surface area (Å²) in [6.45, 7) is 8.73. The number of aromatic nitrogens is 5. The van der Waals surface area contributed by atoms with E-state index in [1.807, 2.05) is 24.5 Å². The Kier molecular flexibility index (Phi) is 6.22. The van der Waals surface area contributed by atoms with Crippen LogP contribution in [0.25, 0.3) is 0 Å². The predicted molar refractivity (Wildman–Crippen MR) is 107 cm³/mol. The molecule has 0 aromatic carbocycles. The van der Waals surface area contributed by atoms with E-state index in [0.29, 0.717) is 5.92 Å². The maximum Gasteiger partial charge on any atom is 0.131 e.